The molecule has 0 amide bonds. The molecule has 0 fully saturated rings. The van der Waals surface area contributed by atoms with E-state index in [1.54, 1.807) is 12.1 Å². The summed E-state index contributed by atoms with van der Waals surface area (Å²) in [6, 6.07) is 15.7. The topological polar surface area (TPSA) is 49.7 Å². The number of benzene rings is 2. The van der Waals surface area contributed by atoms with Gasteiger partial charge in [-0.25, -0.2) is 0 Å². The largest absolute Gasteiger partial charge is 0.504 e. The molecule has 1 unspecified atom stereocenters. The quantitative estimate of drug-likeness (QED) is 0.685. The summed E-state index contributed by atoms with van der Waals surface area (Å²) in [7, 11) is 1.53. The van der Waals surface area contributed by atoms with Gasteiger partial charge in [-0.15, -0.1) is 0 Å². The van der Waals surface area contributed by atoms with Gasteiger partial charge in [-0.05, 0) is 48.9 Å². The Morgan fingerprint density at radius 3 is 2.48 bits per heavy atom. The molecule has 0 aliphatic carbocycles. The first kappa shape index (κ1) is 17.4. The number of ether oxygens (including phenoxy) is 1. The van der Waals surface area contributed by atoms with Crippen LogP contribution in [0, 0.1) is 0 Å². The number of phenolic OH excluding ortho intramolecular Hbond substituents is 1. The maximum atomic E-state index is 10.1. The second kappa shape index (κ2) is 9.21. The molecule has 3 nitrogen and oxygen atoms in total. The van der Waals surface area contributed by atoms with E-state index in [0.717, 1.165) is 37.7 Å². The second-order valence-corrected chi connectivity index (χ2v) is 5.95. The zero-order valence-electron chi connectivity index (χ0n) is 13.7. The van der Waals surface area contributed by atoms with Crippen molar-refractivity contribution in [3.8, 4) is 11.5 Å². The van der Waals surface area contributed by atoms with Crippen molar-refractivity contribution in [1.82, 2.24) is 0 Å². The SMILES string of the molecule is COc1cc(CC(O)CCCCCc2ccccc2)ccc1O. The number of hydrogen-bond donors (Lipinski definition) is 2. The van der Waals surface area contributed by atoms with Crippen molar-refractivity contribution in [3.63, 3.8) is 0 Å². The van der Waals surface area contributed by atoms with Crippen LogP contribution in [0.15, 0.2) is 48.5 Å². The highest BCUT2D eigenvalue weighted by atomic mass is 16.5. The summed E-state index contributed by atoms with van der Waals surface area (Å²) in [5.74, 6) is 0.587. The van der Waals surface area contributed by atoms with Crippen LogP contribution >= 0.6 is 0 Å². The van der Waals surface area contributed by atoms with Crippen molar-refractivity contribution in [3.05, 3.63) is 59.7 Å². The van der Waals surface area contributed by atoms with Crippen LogP contribution in [-0.4, -0.2) is 23.4 Å². The van der Waals surface area contributed by atoms with Crippen molar-refractivity contribution < 1.29 is 14.9 Å². The zero-order chi connectivity index (χ0) is 16.5. The summed E-state index contributed by atoms with van der Waals surface area (Å²) >= 11 is 0. The van der Waals surface area contributed by atoms with Crippen LogP contribution in [-0.2, 0) is 12.8 Å². The molecule has 0 aliphatic heterocycles. The molecule has 23 heavy (non-hydrogen) atoms. The number of aryl methyl sites for hydroxylation is 1. The van der Waals surface area contributed by atoms with Gasteiger partial charge >= 0.3 is 0 Å². The van der Waals surface area contributed by atoms with Crippen molar-refractivity contribution >= 4 is 0 Å². The van der Waals surface area contributed by atoms with E-state index >= 15 is 0 Å². The van der Waals surface area contributed by atoms with Gasteiger partial charge < -0.3 is 14.9 Å². The Bertz CT molecular complexity index is 581. The zero-order valence-corrected chi connectivity index (χ0v) is 13.7. The summed E-state index contributed by atoms with van der Waals surface area (Å²) < 4.78 is 5.09. The van der Waals surface area contributed by atoms with Gasteiger partial charge in [-0.2, -0.15) is 0 Å². The third-order valence-electron chi connectivity index (χ3n) is 4.06. The van der Waals surface area contributed by atoms with Crippen LogP contribution in [0.2, 0.25) is 0 Å². The smallest absolute Gasteiger partial charge is 0.160 e. The van der Waals surface area contributed by atoms with E-state index in [4.69, 9.17) is 4.74 Å². The molecule has 1 atom stereocenters. The molecule has 0 saturated heterocycles. The van der Waals surface area contributed by atoms with Crippen LogP contribution < -0.4 is 4.74 Å². The number of aliphatic hydroxyl groups excluding tert-OH is 1. The van der Waals surface area contributed by atoms with Crippen LogP contribution in [0.1, 0.15) is 36.8 Å². The summed E-state index contributed by atoms with van der Waals surface area (Å²) in [4.78, 5) is 0. The van der Waals surface area contributed by atoms with Crippen LogP contribution in [0.4, 0.5) is 0 Å². The maximum absolute atomic E-state index is 10.1. The third-order valence-corrected chi connectivity index (χ3v) is 4.06. The average Bonchev–Trinajstić information content (AvgIpc) is 2.57. The summed E-state index contributed by atoms with van der Waals surface area (Å²) in [6.45, 7) is 0. The molecule has 0 heterocycles. The lowest BCUT2D eigenvalue weighted by Gasteiger charge is -2.12. The predicted octanol–water partition coefficient (Wildman–Crippen LogP) is 4.11. The number of aliphatic hydroxyl groups is 1. The predicted molar refractivity (Wildman–Crippen MR) is 93.0 cm³/mol. The third kappa shape index (κ3) is 5.95. The van der Waals surface area contributed by atoms with E-state index in [1.807, 2.05) is 12.1 Å². The fourth-order valence-corrected chi connectivity index (χ4v) is 2.75. The number of rotatable bonds is 9. The Morgan fingerprint density at radius 1 is 0.957 bits per heavy atom. The van der Waals surface area contributed by atoms with E-state index in [1.165, 1.54) is 12.7 Å². The number of aromatic hydroxyl groups is 1. The molecule has 0 aromatic heterocycles. The monoisotopic (exact) mass is 314 g/mol. The molecule has 0 saturated carbocycles. The molecule has 0 bridgehead atoms. The van der Waals surface area contributed by atoms with Crippen molar-refractivity contribution in [2.75, 3.05) is 7.11 Å². The normalized spacial score (nSPS) is 12.1. The lowest BCUT2D eigenvalue weighted by atomic mass is 10.0. The highest BCUT2D eigenvalue weighted by Crippen LogP contribution is 2.27. The van der Waals surface area contributed by atoms with E-state index in [9.17, 15) is 10.2 Å². The van der Waals surface area contributed by atoms with Crippen LogP contribution in [0.3, 0.4) is 0 Å². The van der Waals surface area contributed by atoms with Gasteiger partial charge in [0.2, 0.25) is 0 Å². The maximum Gasteiger partial charge on any atom is 0.160 e. The Labute approximate surface area is 138 Å². The Morgan fingerprint density at radius 2 is 1.74 bits per heavy atom. The molecule has 0 spiro atoms. The Hall–Kier alpha value is -2.00. The van der Waals surface area contributed by atoms with Gasteiger partial charge in [0.1, 0.15) is 0 Å². The fourth-order valence-electron chi connectivity index (χ4n) is 2.75. The molecule has 2 aromatic rings. The molecule has 2 rings (SSSR count). The molecule has 0 radical (unpaired) electrons. The molecule has 124 valence electrons. The first-order valence-electron chi connectivity index (χ1n) is 8.27. The number of phenols is 1. The minimum absolute atomic E-state index is 0.131. The van der Waals surface area contributed by atoms with E-state index < -0.39 is 0 Å². The number of unbranched alkanes of at least 4 members (excludes halogenated alkanes) is 2. The highest BCUT2D eigenvalue weighted by Gasteiger charge is 2.08. The van der Waals surface area contributed by atoms with Gasteiger partial charge in [0.25, 0.3) is 0 Å². The van der Waals surface area contributed by atoms with Crippen molar-refractivity contribution in [1.29, 1.82) is 0 Å². The van der Waals surface area contributed by atoms with E-state index in [-0.39, 0.29) is 11.9 Å². The summed E-state index contributed by atoms with van der Waals surface area (Å²) in [5.41, 5.74) is 2.36. The number of hydrogen-bond acceptors (Lipinski definition) is 3. The molecular formula is C20H26O3. The Balaban J connectivity index is 1.66. The van der Waals surface area contributed by atoms with Gasteiger partial charge in [0.05, 0.1) is 13.2 Å². The minimum Gasteiger partial charge on any atom is -0.504 e. The first-order chi connectivity index (χ1) is 11.2. The summed E-state index contributed by atoms with van der Waals surface area (Å²) in [6.07, 6.45) is 5.47. The van der Waals surface area contributed by atoms with E-state index in [2.05, 4.69) is 24.3 Å². The van der Waals surface area contributed by atoms with Gasteiger partial charge in [0, 0.05) is 0 Å². The Kier molecular flexibility index (Phi) is 6.95. The van der Waals surface area contributed by atoms with Crippen molar-refractivity contribution in [2.24, 2.45) is 0 Å². The van der Waals surface area contributed by atoms with Crippen LogP contribution in [0.25, 0.3) is 0 Å². The molecular weight excluding hydrogens is 288 g/mol. The molecule has 3 heteroatoms. The van der Waals surface area contributed by atoms with Crippen molar-refractivity contribution in [2.45, 2.75) is 44.6 Å². The highest BCUT2D eigenvalue weighted by molar-refractivity contribution is 5.41. The lowest BCUT2D eigenvalue weighted by molar-refractivity contribution is 0.161. The van der Waals surface area contributed by atoms with Gasteiger partial charge in [-0.1, -0.05) is 49.2 Å². The molecule has 0 aliphatic rings. The second-order valence-electron chi connectivity index (χ2n) is 5.95. The molecule has 2 aromatic carbocycles. The lowest BCUT2D eigenvalue weighted by Crippen LogP contribution is -2.10. The standard InChI is InChI=1S/C20H26O3/c1-23-20-15-17(12-13-19(20)22)14-18(21)11-7-3-6-10-16-8-4-2-5-9-16/h2,4-5,8-9,12-13,15,18,21-22H,3,6-7,10-11,14H2,1H3. The molecule has 2 N–H and O–H groups in total. The number of methoxy groups -OCH3 is 1. The van der Waals surface area contributed by atoms with Gasteiger partial charge in [-0.3, -0.25) is 0 Å². The van der Waals surface area contributed by atoms with Crippen LogP contribution in [0.5, 0.6) is 11.5 Å². The average molecular weight is 314 g/mol. The first-order valence-corrected chi connectivity index (χ1v) is 8.27. The van der Waals surface area contributed by atoms with Gasteiger partial charge in [0.15, 0.2) is 11.5 Å². The van der Waals surface area contributed by atoms with E-state index in [0.29, 0.717) is 12.2 Å². The fraction of sp³-hybridized carbons (Fsp3) is 0.400. The minimum atomic E-state index is -0.346. The summed E-state index contributed by atoms with van der Waals surface area (Å²) in [5, 5.41) is 19.7.